The molecule has 3 amide bonds. The van der Waals surface area contributed by atoms with Crippen LogP contribution in [0.2, 0.25) is 0 Å². The molecule has 1 aromatic carbocycles. The van der Waals surface area contributed by atoms with Gasteiger partial charge in [0.15, 0.2) is 6.04 Å². The van der Waals surface area contributed by atoms with Crippen molar-refractivity contribution in [1.82, 2.24) is 15.5 Å². The van der Waals surface area contributed by atoms with Crippen LogP contribution in [-0.4, -0.2) is 35.2 Å². The van der Waals surface area contributed by atoms with E-state index in [1.165, 1.54) is 28.4 Å². The molecule has 1 aliphatic carbocycles. The van der Waals surface area contributed by atoms with E-state index in [1.807, 2.05) is 0 Å². The normalized spacial score (nSPS) is 14.5. The number of hydrogen-bond acceptors (Lipinski definition) is 5. The van der Waals surface area contributed by atoms with Gasteiger partial charge in [-0.05, 0) is 61.0 Å². The van der Waals surface area contributed by atoms with E-state index in [-0.39, 0.29) is 30.9 Å². The molecule has 0 bridgehead atoms. The van der Waals surface area contributed by atoms with Crippen LogP contribution in [-0.2, 0) is 16.1 Å². The van der Waals surface area contributed by atoms with Crippen LogP contribution in [0.25, 0.3) is 0 Å². The average molecular weight is 498 g/mol. The number of furan rings is 1. The average Bonchev–Trinajstić information content (AvgIpc) is 3.62. The monoisotopic (exact) mass is 497 g/mol. The van der Waals surface area contributed by atoms with E-state index in [0.717, 1.165) is 25.7 Å². The molecule has 0 radical (unpaired) electrons. The Morgan fingerprint density at radius 1 is 1.11 bits per heavy atom. The first kappa shape index (κ1) is 24.7. The molecule has 184 valence electrons. The van der Waals surface area contributed by atoms with Gasteiger partial charge in [-0.1, -0.05) is 31.0 Å². The highest BCUT2D eigenvalue weighted by atomic mass is 32.1. The van der Waals surface area contributed by atoms with E-state index < -0.39 is 17.8 Å². The van der Waals surface area contributed by atoms with Gasteiger partial charge in [0.25, 0.3) is 11.8 Å². The molecule has 35 heavy (non-hydrogen) atoms. The Balaban J connectivity index is 1.61. The molecular weight excluding hydrogens is 469 g/mol. The van der Waals surface area contributed by atoms with Crippen molar-refractivity contribution in [3.63, 3.8) is 0 Å². The molecule has 2 N–H and O–H groups in total. The second-order valence-corrected chi connectivity index (χ2v) is 9.60. The second-order valence-electron chi connectivity index (χ2n) is 8.65. The fraction of sp³-hybridized carbons (Fsp3) is 0.346. The standard InChI is InChI=1S/C26H28FN3O4S/c1-17-8-13-21(34-17)24(26(33)29-20-5-2-3-6-20)30(16-18-9-11-19(27)12-10-18)23(31)15-28-25(32)22-7-4-14-35-22/h4,7-14,20,24H,2-3,5-6,15-16H2,1H3,(H,28,32)(H,29,33)/t24-/m0/s1. The predicted molar refractivity (Wildman–Crippen MR) is 130 cm³/mol. The van der Waals surface area contributed by atoms with Gasteiger partial charge in [-0.25, -0.2) is 4.39 Å². The molecule has 4 rings (SSSR count). The van der Waals surface area contributed by atoms with Crippen LogP contribution < -0.4 is 10.6 Å². The van der Waals surface area contributed by atoms with Gasteiger partial charge in [-0.15, -0.1) is 11.3 Å². The second kappa shape index (κ2) is 11.3. The molecule has 0 saturated heterocycles. The number of halogens is 1. The van der Waals surface area contributed by atoms with Crippen LogP contribution in [0.3, 0.4) is 0 Å². The Kier molecular flexibility index (Phi) is 7.97. The first-order chi connectivity index (χ1) is 16.9. The number of benzene rings is 1. The Labute approximate surface area is 207 Å². The number of aryl methyl sites for hydroxylation is 1. The number of carbonyl (C=O) groups is 3. The Morgan fingerprint density at radius 2 is 1.86 bits per heavy atom. The fourth-order valence-electron chi connectivity index (χ4n) is 4.24. The summed E-state index contributed by atoms with van der Waals surface area (Å²) in [5.74, 6) is -0.619. The Morgan fingerprint density at radius 3 is 2.49 bits per heavy atom. The van der Waals surface area contributed by atoms with Crippen molar-refractivity contribution in [3.8, 4) is 0 Å². The summed E-state index contributed by atoms with van der Waals surface area (Å²) < 4.78 is 19.3. The summed E-state index contributed by atoms with van der Waals surface area (Å²) in [6.07, 6.45) is 3.86. The minimum absolute atomic E-state index is 0.0382. The van der Waals surface area contributed by atoms with Crippen molar-refractivity contribution >= 4 is 29.1 Å². The molecular formula is C26H28FN3O4S. The lowest BCUT2D eigenvalue weighted by atomic mass is 10.1. The summed E-state index contributed by atoms with van der Waals surface area (Å²) in [5.41, 5.74) is 0.645. The number of amides is 3. The maximum atomic E-state index is 13.5. The van der Waals surface area contributed by atoms with E-state index in [4.69, 9.17) is 4.42 Å². The Bertz CT molecular complexity index is 1150. The van der Waals surface area contributed by atoms with Crippen LogP contribution >= 0.6 is 11.3 Å². The van der Waals surface area contributed by atoms with Gasteiger partial charge < -0.3 is 20.0 Å². The molecule has 3 aromatic rings. The predicted octanol–water partition coefficient (Wildman–Crippen LogP) is 4.35. The van der Waals surface area contributed by atoms with Crippen molar-refractivity contribution in [1.29, 1.82) is 0 Å². The summed E-state index contributed by atoms with van der Waals surface area (Å²) in [7, 11) is 0. The molecule has 0 aliphatic heterocycles. The number of thiophene rings is 1. The van der Waals surface area contributed by atoms with E-state index in [9.17, 15) is 18.8 Å². The zero-order valence-corrected chi connectivity index (χ0v) is 20.3. The zero-order valence-electron chi connectivity index (χ0n) is 19.5. The van der Waals surface area contributed by atoms with Gasteiger partial charge in [0.1, 0.15) is 17.3 Å². The van der Waals surface area contributed by atoms with E-state index in [2.05, 4.69) is 10.6 Å². The molecule has 1 aliphatic rings. The molecule has 9 heteroatoms. The molecule has 2 aromatic heterocycles. The quantitative estimate of drug-likeness (QED) is 0.460. The molecule has 1 fully saturated rings. The zero-order chi connectivity index (χ0) is 24.8. The van der Waals surface area contributed by atoms with Crippen molar-refractivity contribution in [2.75, 3.05) is 6.54 Å². The number of hydrogen-bond donors (Lipinski definition) is 2. The molecule has 1 atom stereocenters. The number of carbonyl (C=O) groups excluding carboxylic acids is 3. The lowest BCUT2D eigenvalue weighted by Crippen LogP contribution is -2.48. The maximum Gasteiger partial charge on any atom is 0.261 e. The third-order valence-corrected chi connectivity index (χ3v) is 6.89. The van der Waals surface area contributed by atoms with Crippen molar-refractivity contribution < 1.29 is 23.2 Å². The first-order valence-corrected chi connectivity index (χ1v) is 12.5. The van der Waals surface area contributed by atoms with E-state index in [1.54, 1.807) is 48.7 Å². The summed E-state index contributed by atoms with van der Waals surface area (Å²) in [6, 6.07) is 11.6. The topological polar surface area (TPSA) is 91.7 Å². The third kappa shape index (κ3) is 6.36. The SMILES string of the molecule is Cc1ccc([C@@H](C(=O)NC2CCCC2)N(Cc2ccc(F)cc2)C(=O)CNC(=O)c2cccs2)o1. The minimum atomic E-state index is -1.04. The van der Waals surface area contributed by atoms with Gasteiger partial charge in [-0.3, -0.25) is 14.4 Å². The van der Waals surface area contributed by atoms with Crippen LogP contribution in [0.5, 0.6) is 0 Å². The number of nitrogens with one attached hydrogen (secondary N) is 2. The highest BCUT2D eigenvalue weighted by molar-refractivity contribution is 7.12. The van der Waals surface area contributed by atoms with Gasteiger partial charge >= 0.3 is 0 Å². The lowest BCUT2D eigenvalue weighted by molar-refractivity contribution is -0.141. The van der Waals surface area contributed by atoms with Crippen LogP contribution in [0, 0.1) is 12.7 Å². The summed E-state index contributed by atoms with van der Waals surface area (Å²) in [5, 5.41) is 7.49. The number of rotatable bonds is 9. The van der Waals surface area contributed by atoms with Crippen molar-refractivity contribution in [2.24, 2.45) is 0 Å². The lowest BCUT2D eigenvalue weighted by Gasteiger charge is -2.31. The molecule has 0 spiro atoms. The largest absolute Gasteiger partial charge is 0.464 e. The Hall–Kier alpha value is -3.46. The van der Waals surface area contributed by atoms with Crippen LogP contribution in [0.15, 0.2) is 58.3 Å². The van der Waals surface area contributed by atoms with E-state index in [0.29, 0.717) is 22.0 Å². The summed E-state index contributed by atoms with van der Waals surface area (Å²) >= 11 is 1.27. The van der Waals surface area contributed by atoms with Crippen LogP contribution in [0.1, 0.15) is 58.5 Å². The van der Waals surface area contributed by atoms with E-state index >= 15 is 0 Å². The third-order valence-electron chi connectivity index (χ3n) is 6.02. The van der Waals surface area contributed by atoms with Gasteiger partial charge in [0.05, 0.1) is 11.4 Å². The highest BCUT2D eigenvalue weighted by Crippen LogP contribution is 2.27. The van der Waals surface area contributed by atoms with Crippen molar-refractivity contribution in [2.45, 2.75) is 51.2 Å². The summed E-state index contributed by atoms with van der Waals surface area (Å²) in [4.78, 5) is 41.3. The smallest absolute Gasteiger partial charge is 0.261 e. The first-order valence-electron chi connectivity index (χ1n) is 11.6. The number of nitrogens with zero attached hydrogens (tertiary/aromatic N) is 1. The van der Waals surface area contributed by atoms with Gasteiger partial charge in [-0.2, -0.15) is 0 Å². The molecule has 7 nitrogen and oxygen atoms in total. The van der Waals surface area contributed by atoms with Crippen LogP contribution in [0.4, 0.5) is 4.39 Å². The molecule has 1 saturated carbocycles. The maximum absolute atomic E-state index is 13.5. The molecule has 0 unspecified atom stereocenters. The van der Waals surface area contributed by atoms with Gasteiger partial charge in [0.2, 0.25) is 5.91 Å². The summed E-state index contributed by atoms with van der Waals surface area (Å²) in [6.45, 7) is 1.50. The molecule has 2 heterocycles. The van der Waals surface area contributed by atoms with Gasteiger partial charge in [0, 0.05) is 12.6 Å². The fourth-order valence-corrected chi connectivity index (χ4v) is 4.88. The van der Waals surface area contributed by atoms with Crippen molar-refractivity contribution in [3.05, 3.63) is 81.7 Å². The highest BCUT2D eigenvalue weighted by Gasteiger charge is 2.35. The minimum Gasteiger partial charge on any atom is -0.464 e.